The lowest BCUT2D eigenvalue weighted by Crippen LogP contribution is -1.95. The number of ether oxygens (including phenoxy) is 1. The van der Waals surface area contributed by atoms with E-state index in [-0.39, 0.29) is 17.5 Å². The number of non-ortho nitro benzene ring substituents is 1. The van der Waals surface area contributed by atoms with Crippen molar-refractivity contribution < 1.29 is 14.1 Å². The van der Waals surface area contributed by atoms with Gasteiger partial charge in [0.25, 0.3) is 16.8 Å². The van der Waals surface area contributed by atoms with E-state index in [1.807, 2.05) is 13.0 Å². The highest BCUT2D eigenvalue weighted by Gasteiger charge is 2.16. The van der Waals surface area contributed by atoms with E-state index in [4.69, 9.17) is 20.8 Å². The Labute approximate surface area is 158 Å². The van der Waals surface area contributed by atoms with Crippen LogP contribution in [-0.4, -0.2) is 15.1 Å². The van der Waals surface area contributed by atoms with Crippen molar-refractivity contribution in [2.45, 2.75) is 24.0 Å². The van der Waals surface area contributed by atoms with Gasteiger partial charge in [-0.3, -0.25) is 10.1 Å². The van der Waals surface area contributed by atoms with Gasteiger partial charge in [0.15, 0.2) is 6.61 Å². The Balaban J connectivity index is 1.60. The molecule has 0 amide bonds. The molecular formula is C17H14ClN3O4S. The molecule has 7 nitrogen and oxygen atoms in total. The summed E-state index contributed by atoms with van der Waals surface area (Å²) in [7, 11) is 0. The molecule has 0 aliphatic rings. The Kier molecular flexibility index (Phi) is 5.75. The SMILES string of the molecule is C[C@@H](Sc1nnc(COc2ccc(Cl)cc2)o1)c1cccc([N+](=O)[O-])c1. The van der Waals surface area contributed by atoms with E-state index in [0.717, 1.165) is 5.56 Å². The molecule has 1 aromatic heterocycles. The first-order chi connectivity index (χ1) is 12.5. The molecule has 0 unspecified atom stereocenters. The van der Waals surface area contributed by atoms with Crippen LogP contribution in [0.5, 0.6) is 5.75 Å². The fraction of sp³-hybridized carbons (Fsp3) is 0.176. The topological polar surface area (TPSA) is 91.3 Å². The molecule has 1 heterocycles. The Bertz CT molecular complexity index is 901. The molecule has 1 atom stereocenters. The number of thioether (sulfide) groups is 1. The van der Waals surface area contributed by atoms with Gasteiger partial charge in [-0.2, -0.15) is 0 Å². The molecule has 0 fully saturated rings. The summed E-state index contributed by atoms with van der Waals surface area (Å²) in [4.78, 5) is 10.5. The van der Waals surface area contributed by atoms with E-state index in [2.05, 4.69) is 10.2 Å². The Morgan fingerprint density at radius 3 is 2.77 bits per heavy atom. The summed E-state index contributed by atoms with van der Waals surface area (Å²) in [5.74, 6) is 0.987. The van der Waals surface area contributed by atoms with Gasteiger partial charge in [0.1, 0.15) is 5.75 Å². The maximum absolute atomic E-state index is 10.9. The maximum atomic E-state index is 10.9. The lowest BCUT2D eigenvalue weighted by atomic mass is 10.1. The molecule has 0 bridgehead atoms. The third-order valence-corrected chi connectivity index (χ3v) is 4.70. The van der Waals surface area contributed by atoms with Crippen LogP contribution in [0.25, 0.3) is 0 Å². The minimum absolute atomic E-state index is 0.0533. The number of nitrogens with zero attached hydrogens (tertiary/aromatic N) is 3. The molecular weight excluding hydrogens is 378 g/mol. The predicted octanol–water partition coefficient (Wildman–Crippen LogP) is 5.06. The zero-order chi connectivity index (χ0) is 18.5. The van der Waals surface area contributed by atoms with Crippen molar-refractivity contribution in [1.29, 1.82) is 0 Å². The molecule has 0 aliphatic heterocycles. The largest absolute Gasteiger partial charge is 0.484 e. The number of hydrogen-bond acceptors (Lipinski definition) is 7. The van der Waals surface area contributed by atoms with E-state index in [0.29, 0.717) is 21.9 Å². The average Bonchev–Trinajstić information content (AvgIpc) is 3.08. The van der Waals surface area contributed by atoms with E-state index in [1.54, 1.807) is 36.4 Å². The van der Waals surface area contributed by atoms with Crippen LogP contribution in [0.2, 0.25) is 5.02 Å². The monoisotopic (exact) mass is 391 g/mol. The van der Waals surface area contributed by atoms with Crippen molar-refractivity contribution in [3.8, 4) is 5.75 Å². The first kappa shape index (κ1) is 18.2. The van der Waals surface area contributed by atoms with Crippen LogP contribution in [0.1, 0.15) is 23.6 Å². The molecule has 0 spiro atoms. The quantitative estimate of drug-likeness (QED) is 0.315. The zero-order valence-electron chi connectivity index (χ0n) is 13.7. The van der Waals surface area contributed by atoms with Crippen LogP contribution in [0, 0.1) is 10.1 Å². The fourth-order valence-corrected chi connectivity index (χ4v) is 3.07. The van der Waals surface area contributed by atoms with E-state index >= 15 is 0 Å². The zero-order valence-corrected chi connectivity index (χ0v) is 15.2. The van der Waals surface area contributed by atoms with Crippen LogP contribution in [0.3, 0.4) is 0 Å². The van der Waals surface area contributed by atoms with Crippen molar-refractivity contribution in [3.63, 3.8) is 0 Å². The summed E-state index contributed by atoms with van der Waals surface area (Å²) in [6.07, 6.45) is 0. The van der Waals surface area contributed by atoms with E-state index in [9.17, 15) is 10.1 Å². The average molecular weight is 392 g/mol. The van der Waals surface area contributed by atoms with Crippen molar-refractivity contribution in [2.24, 2.45) is 0 Å². The Hall–Kier alpha value is -2.58. The van der Waals surface area contributed by atoms with Crippen molar-refractivity contribution in [3.05, 3.63) is 75.1 Å². The molecule has 0 N–H and O–H groups in total. The van der Waals surface area contributed by atoms with E-state index < -0.39 is 4.92 Å². The maximum Gasteiger partial charge on any atom is 0.277 e. The molecule has 0 aliphatic carbocycles. The number of nitro benzene ring substituents is 1. The number of benzene rings is 2. The lowest BCUT2D eigenvalue weighted by Gasteiger charge is -2.08. The van der Waals surface area contributed by atoms with Crippen molar-refractivity contribution in [2.75, 3.05) is 0 Å². The lowest BCUT2D eigenvalue weighted by molar-refractivity contribution is -0.384. The Morgan fingerprint density at radius 2 is 2.04 bits per heavy atom. The Morgan fingerprint density at radius 1 is 1.27 bits per heavy atom. The van der Waals surface area contributed by atoms with E-state index in [1.165, 1.54) is 17.8 Å². The minimum atomic E-state index is -0.417. The van der Waals surface area contributed by atoms with Gasteiger partial charge in [-0.1, -0.05) is 35.5 Å². The van der Waals surface area contributed by atoms with Crippen LogP contribution in [0.15, 0.2) is 58.2 Å². The number of nitro groups is 1. The molecule has 3 aromatic rings. The van der Waals surface area contributed by atoms with Gasteiger partial charge < -0.3 is 9.15 Å². The third-order valence-electron chi connectivity index (χ3n) is 3.45. The highest BCUT2D eigenvalue weighted by Crippen LogP contribution is 2.35. The second-order valence-electron chi connectivity index (χ2n) is 5.32. The smallest absolute Gasteiger partial charge is 0.277 e. The second kappa shape index (κ2) is 8.20. The van der Waals surface area contributed by atoms with Gasteiger partial charge >= 0.3 is 0 Å². The molecule has 0 radical (unpaired) electrons. The molecule has 9 heteroatoms. The normalized spacial score (nSPS) is 11.9. The highest BCUT2D eigenvalue weighted by atomic mass is 35.5. The molecule has 3 rings (SSSR count). The van der Waals surface area contributed by atoms with Crippen molar-refractivity contribution >= 4 is 29.1 Å². The summed E-state index contributed by atoms with van der Waals surface area (Å²) in [6.45, 7) is 2.05. The summed E-state index contributed by atoms with van der Waals surface area (Å²) in [5.41, 5.74) is 0.860. The summed E-state index contributed by atoms with van der Waals surface area (Å²) < 4.78 is 11.1. The van der Waals surface area contributed by atoms with Crippen LogP contribution < -0.4 is 4.74 Å². The number of halogens is 1. The molecule has 26 heavy (non-hydrogen) atoms. The third kappa shape index (κ3) is 4.74. The van der Waals surface area contributed by atoms with Gasteiger partial charge in [0, 0.05) is 22.4 Å². The summed E-state index contributed by atoms with van der Waals surface area (Å²) >= 11 is 7.15. The van der Waals surface area contributed by atoms with Crippen LogP contribution in [-0.2, 0) is 6.61 Å². The molecule has 0 saturated heterocycles. The fourth-order valence-electron chi connectivity index (χ4n) is 2.13. The molecule has 2 aromatic carbocycles. The molecule has 134 valence electrons. The standard InChI is InChI=1S/C17H14ClN3O4S/c1-11(12-3-2-4-14(9-12)21(22)23)26-17-20-19-16(25-17)10-24-15-7-5-13(18)6-8-15/h2-9,11H,10H2,1H3/t11-/m1/s1. The summed E-state index contributed by atoms with van der Waals surface area (Å²) in [6, 6.07) is 13.4. The molecule has 0 saturated carbocycles. The first-order valence-corrected chi connectivity index (χ1v) is 8.89. The van der Waals surface area contributed by atoms with Crippen LogP contribution >= 0.6 is 23.4 Å². The second-order valence-corrected chi connectivity index (χ2v) is 7.04. The van der Waals surface area contributed by atoms with Gasteiger partial charge in [-0.25, -0.2) is 0 Å². The summed E-state index contributed by atoms with van der Waals surface area (Å²) in [5, 5.41) is 19.7. The number of rotatable bonds is 7. The van der Waals surface area contributed by atoms with Gasteiger partial charge in [0.05, 0.1) is 4.92 Å². The van der Waals surface area contributed by atoms with Gasteiger partial charge in [0.2, 0.25) is 0 Å². The van der Waals surface area contributed by atoms with Crippen molar-refractivity contribution in [1.82, 2.24) is 10.2 Å². The number of hydrogen-bond donors (Lipinski definition) is 0. The number of aromatic nitrogens is 2. The highest BCUT2D eigenvalue weighted by molar-refractivity contribution is 7.99. The van der Waals surface area contributed by atoms with Gasteiger partial charge in [-0.05, 0) is 36.8 Å². The predicted molar refractivity (Wildman–Crippen MR) is 97.5 cm³/mol. The van der Waals surface area contributed by atoms with Crippen LogP contribution in [0.4, 0.5) is 5.69 Å². The minimum Gasteiger partial charge on any atom is -0.484 e. The van der Waals surface area contributed by atoms with Gasteiger partial charge in [-0.15, -0.1) is 10.2 Å². The first-order valence-electron chi connectivity index (χ1n) is 7.63.